The third-order valence-electron chi connectivity index (χ3n) is 7.68. The van der Waals surface area contributed by atoms with E-state index >= 15 is 0 Å². The first-order valence-electron chi connectivity index (χ1n) is 11.4. The standard InChI is InChI=1S/C27H35NO/c1-20-6-4-8-22(10-20)16-29-24-9-5-7-21(11-24)15-28-27-14-23-12-25(2,18-27)17-26(3,13-23)19-27/h4-11,23,28H,12-19H2,1-3H3/t23?,25-,26+,27?. The molecular formula is C27H35NO. The zero-order valence-electron chi connectivity index (χ0n) is 18.3. The van der Waals surface area contributed by atoms with Gasteiger partial charge in [-0.05, 0) is 85.5 Å². The van der Waals surface area contributed by atoms with Gasteiger partial charge in [0.2, 0.25) is 0 Å². The number of hydrogen-bond acceptors (Lipinski definition) is 2. The summed E-state index contributed by atoms with van der Waals surface area (Å²) in [4.78, 5) is 0. The van der Waals surface area contributed by atoms with Gasteiger partial charge in [0.15, 0.2) is 0 Å². The summed E-state index contributed by atoms with van der Waals surface area (Å²) in [5, 5.41) is 4.05. The van der Waals surface area contributed by atoms with E-state index in [0.29, 0.717) is 23.0 Å². The Hall–Kier alpha value is -1.80. The summed E-state index contributed by atoms with van der Waals surface area (Å²) in [7, 11) is 0. The monoisotopic (exact) mass is 389 g/mol. The van der Waals surface area contributed by atoms with Gasteiger partial charge < -0.3 is 10.1 Å². The quantitative estimate of drug-likeness (QED) is 0.616. The van der Waals surface area contributed by atoms with Crippen molar-refractivity contribution in [3.05, 3.63) is 65.2 Å². The van der Waals surface area contributed by atoms with Gasteiger partial charge in [-0.15, -0.1) is 0 Å². The molecule has 0 aliphatic heterocycles. The van der Waals surface area contributed by atoms with Gasteiger partial charge in [-0.3, -0.25) is 0 Å². The summed E-state index contributed by atoms with van der Waals surface area (Å²) in [6, 6.07) is 17.2. The maximum atomic E-state index is 6.09. The first-order valence-corrected chi connectivity index (χ1v) is 11.4. The van der Waals surface area contributed by atoms with Gasteiger partial charge in [-0.1, -0.05) is 55.8 Å². The molecule has 0 aromatic heterocycles. The molecule has 0 amide bonds. The topological polar surface area (TPSA) is 21.3 Å². The molecule has 4 aliphatic carbocycles. The number of nitrogens with one attached hydrogen (secondary N) is 1. The molecule has 2 aromatic carbocycles. The molecule has 6 rings (SSSR count). The fourth-order valence-corrected chi connectivity index (χ4v) is 7.65. The van der Waals surface area contributed by atoms with Gasteiger partial charge >= 0.3 is 0 Å². The highest BCUT2D eigenvalue weighted by Crippen LogP contribution is 2.66. The normalized spacial score (nSPS) is 35.1. The lowest BCUT2D eigenvalue weighted by molar-refractivity contribution is -0.118. The molecule has 0 spiro atoms. The predicted octanol–water partition coefficient (Wildman–Crippen LogP) is 6.41. The van der Waals surface area contributed by atoms with E-state index in [1.807, 2.05) is 0 Å². The molecule has 1 N–H and O–H groups in total. The smallest absolute Gasteiger partial charge is 0.120 e. The van der Waals surface area contributed by atoms with E-state index in [4.69, 9.17) is 4.74 Å². The second kappa shape index (κ2) is 6.87. The van der Waals surface area contributed by atoms with E-state index in [0.717, 1.165) is 18.2 Å². The van der Waals surface area contributed by atoms with Crippen LogP contribution in [0.4, 0.5) is 0 Å². The van der Waals surface area contributed by atoms with Crippen LogP contribution in [0, 0.1) is 23.7 Å². The Morgan fingerprint density at radius 3 is 2.34 bits per heavy atom. The van der Waals surface area contributed by atoms with Crippen molar-refractivity contribution >= 4 is 0 Å². The largest absolute Gasteiger partial charge is 0.489 e. The zero-order chi connectivity index (χ0) is 20.1. The Morgan fingerprint density at radius 2 is 1.62 bits per heavy atom. The van der Waals surface area contributed by atoms with Crippen LogP contribution in [0.3, 0.4) is 0 Å². The van der Waals surface area contributed by atoms with Crippen LogP contribution in [0.2, 0.25) is 0 Å². The molecule has 4 aliphatic rings. The van der Waals surface area contributed by atoms with Gasteiger partial charge in [-0.2, -0.15) is 0 Å². The van der Waals surface area contributed by atoms with Crippen LogP contribution < -0.4 is 10.1 Å². The SMILES string of the molecule is Cc1cccc(COc2cccc(CNC34CC5C[C@@](C)(C3)C[C@](C)(C5)C4)c2)c1. The van der Waals surface area contributed by atoms with Gasteiger partial charge in [0.25, 0.3) is 0 Å². The Bertz CT molecular complexity index is 885. The molecule has 29 heavy (non-hydrogen) atoms. The Balaban J connectivity index is 1.24. The highest BCUT2D eigenvalue weighted by atomic mass is 16.5. The number of benzene rings is 2. The van der Waals surface area contributed by atoms with E-state index < -0.39 is 0 Å². The number of aryl methyl sites for hydroxylation is 1. The molecule has 154 valence electrons. The van der Waals surface area contributed by atoms with Crippen LogP contribution in [-0.2, 0) is 13.2 Å². The summed E-state index contributed by atoms with van der Waals surface area (Å²) in [6.07, 6.45) is 8.43. The minimum absolute atomic E-state index is 0.349. The lowest BCUT2D eigenvalue weighted by Crippen LogP contribution is -2.63. The molecule has 4 bridgehead atoms. The van der Waals surface area contributed by atoms with E-state index in [1.165, 1.54) is 55.2 Å². The van der Waals surface area contributed by atoms with E-state index in [-0.39, 0.29) is 0 Å². The van der Waals surface area contributed by atoms with Crippen molar-refractivity contribution in [1.82, 2.24) is 5.32 Å². The van der Waals surface area contributed by atoms with Crippen molar-refractivity contribution in [2.24, 2.45) is 16.7 Å². The van der Waals surface area contributed by atoms with Gasteiger partial charge in [0.05, 0.1) is 0 Å². The van der Waals surface area contributed by atoms with Crippen molar-refractivity contribution in [2.75, 3.05) is 0 Å². The minimum atomic E-state index is 0.349. The maximum absolute atomic E-state index is 6.09. The number of ether oxygens (including phenoxy) is 1. The van der Waals surface area contributed by atoms with Crippen LogP contribution >= 0.6 is 0 Å². The van der Waals surface area contributed by atoms with Crippen molar-refractivity contribution < 1.29 is 4.74 Å². The Kier molecular flexibility index (Phi) is 4.55. The molecule has 2 nitrogen and oxygen atoms in total. The van der Waals surface area contributed by atoms with Crippen molar-refractivity contribution in [2.45, 2.75) is 78.0 Å². The van der Waals surface area contributed by atoms with E-state index in [1.54, 1.807) is 0 Å². The minimum Gasteiger partial charge on any atom is -0.489 e. The number of hydrogen-bond donors (Lipinski definition) is 1. The van der Waals surface area contributed by atoms with Gasteiger partial charge in [0, 0.05) is 12.1 Å². The first kappa shape index (κ1) is 19.2. The average Bonchev–Trinajstić information content (AvgIpc) is 2.62. The van der Waals surface area contributed by atoms with E-state index in [2.05, 4.69) is 74.6 Å². The highest BCUT2D eigenvalue weighted by Gasteiger charge is 2.59. The van der Waals surface area contributed by atoms with Crippen LogP contribution in [0.1, 0.15) is 69.1 Å². The third kappa shape index (κ3) is 3.97. The van der Waals surface area contributed by atoms with E-state index in [9.17, 15) is 0 Å². The second-order valence-electron chi connectivity index (χ2n) is 11.2. The molecule has 4 saturated carbocycles. The fraction of sp³-hybridized carbons (Fsp3) is 0.556. The lowest BCUT2D eigenvalue weighted by Gasteiger charge is -2.65. The summed E-state index contributed by atoms with van der Waals surface area (Å²) in [5.41, 5.74) is 5.30. The van der Waals surface area contributed by atoms with Gasteiger partial charge in [0.1, 0.15) is 12.4 Å². The third-order valence-corrected chi connectivity index (χ3v) is 7.68. The second-order valence-corrected chi connectivity index (χ2v) is 11.2. The van der Waals surface area contributed by atoms with Crippen molar-refractivity contribution in [3.63, 3.8) is 0 Å². The zero-order valence-corrected chi connectivity index (χ0v) is 18.3. The van der Waals surface area contributed by atoms with Crippen molar-refractivity contribution in [1.29, 1.82) is 0 Å². The maximum Gasteiger partial charge on any atom is 0.120 e. The van der Waals surface area contributed by atoms with Crippen molar-refractivity contribution in [3.8, 4) is 5.75 Å². The molecule has 4 fully saturated rings. The molecule has 2 aromatic rings. The van der Waals surface area contributed by atoms with Crippen LogP contribution in [0.5, 0.6) is 5.75 Å². The molecule has 2 unspecified atom stereocenters. The lowest BCUT2D eigenvalue weighted by atomic mass is 9.43. The first-order chi connectivity index (χ1) is 13.8. The number of rotatable bonds is 6. The van der Waals surface area contributed by atoms with Crippen LogP contribution in [0.15, 0.2) is 48.5 Å². The highest BCUT2D eigenvalue weighted by molar-refractivity contribution is 5.30. The molecule has 0 radical (unpaired) electrons. The summed E-state index contributed by atoms with van der Waals surface area (Å²) in [5.74, 6) is 1.90. The Labute approximate surface area is 176 Å². The van der Waals surface area contributed by atoms with Crippen LogP contribution in [0.25, 0.3) is 0 Å². The summed E-state index contributed by atoms with van der Waals surface area (Å²) >= 11 is 0. The predicted molar refractivity (Wildman–Crippen MR) is 119 cm³/mol. The van der Waals surface area contributed by atoms with Crippen LogP contribution in [-0.4, -0.2) is 5.54 Å². The molecule has 0 saturated heterocycles. The fourth-order valence-electron chi connectivity index (χ4n) is 7.65. The molecular weight excluding hydrogens is 354 g/mol. The summed E-state index contributed by atoms with van der Waals surface area (Å²) in [6.45, 7) is 8.79. The molecule has 4 atom stereocenters. The molecule has 2 heteroatoms. The summed E-state index contributed by atoms with van der Waals surface area (Å²) < 4.78 is 6.09. The average molecular weight is 390 g/mol. The molecule has 0 heterocycles. The van der Waals surface area contributed by atoms with Gasteiger partial charge in [-0.25, -0.2) is 0 Å². The Morgan fingerprint density at radius 1 is 0.897 bits per heavy atom.